The number of aryl methyl sites for hydroxylation is 2. The zero-order valence-corrected chi connectivity index (χ0v) is 37.7. The molecule has 8 aromatic rings. The van der Waals surface area contributed by atoms with Crippen molar-refractivity contribution in [3.63, 3.8) is 0 Å². The van der Waals surface area contributed by atoms with Crippen LogP contribution in [0, 0.1) is 13.8 Å². The number of hydrogen-bond acceptors (Lipinski definition) is 4. The zero-order chi connectivity index (χ0) is 43.0. The third kappa shape index (κ3) is 7.45. The highest BCUT2D eigenvalue weighted by Gasteiger charge is 2.30. The lowest BCUT2D eigenvalue weighted by Crippen LogP contribution is -2.24. The van der Waals surface area contributed by atoms with Crippen LogP contribution in [0.25, 0.3) is 38.8 Å². The minimum absolute atomic E-state index is 0.00536. The predicted molar refractivity (Wildman–Crippen MR) is 258 cm³/mol. The van der Waals surface area contributed by atoms with Crippen LogP contribution >= 0.6 is 0 Å². The molecule has 2 aromatic heterocycles. The van der Waals surface area contributed by atoms with E-state index in [9.17, 15) is 0 Å². The molecule has 0 atom stereocenters. The first-order valence-corrected chi connectivity index (χ1v) is 21.6. The highest BCUT2D eigenvalue weighted by molar-refractivity contribution is 6.09. The summed E-state index contributed by atoms with van der Waals surface area (Å²) in [6, 6.07) is 48.7. The molecule has 3 heterocycles. The molecule has 0 spiro atoms. The van der Waals surface area contributed by atoms with E-state index < -0.39 is 0 Å². The highest BCUT2D eigenvalue weighted by atomic mass is 16.5. The van der Waals surface area contributed by atoms with Gasteiger partial charge in [-0.15, -0.1) is 0 Å². The monoisotopic (exact) mass is 802 g/mol. The molecule has 0 saturated heterocycles. The van der Waals surface area contributed by atoms with Gasteiger partial charge in [0, 0.05) is 40.5 Å². The Morgan fingerprint density at radius 3 is 1.80 bits per heavy atom. The summed E-state index contributed by atoms with van der Waals surface area (Å²) >= 11 is 0. The van der Waals surface area contributed by atoms with Gasteiger partial charge in [0.1, 0.15) is 24.0 Å². The standard InChI is InChI=1S/C56H58N4O/c1-36-27-40(55(6,7)8)28-37(2)53(36)38-17-16-18-42(29-38)58-35-59(50-22-15-14-21-49(50)58)43-30-41(56(9,10)11)31-45(33-43)61-44-23-24-47-46-19-12-13-20-48(46)60(51(47)34-44)52-32-39(25-26-57-52)54(3,4)5/h12-34H,35H2,1-11H3. The summed E-state index contributed by atoms with van der Waals surface area (Å²) in [5, 5.41) is 2.36. The van der Waals surface area contributed by atoms with E-state index in [0.717, 1.165) is 34.0 Å². The van der Waals surface area contributed by atoms with Crippen LogP contribution in [0.5, 0.6) is 11.5 Å². The van der Waals surface area contributed by atoms with E-state index in [1.807, 2.05) is 6.20 Å². The van der Waals surface area contributed by atoms with Gasteiger partial charge in [0.2, 0.25) is 0 Å². The van der Waals surface area contributed by atoms with Crippen molar-refractivity contribution < 1.29 is 4.74 Å². The van der Waals surface area contributed by atoms with Gasteiger partial charge in [0.25, 0.3) is 0 Å². The molecule has 0 amide bonds. The van der Waals surface area contributed by atoms with Gasteiger partial charge in [-0.2, -0.15) is 0 Å². The van der Waals surface area contributed by atoms with Crippen LogP contribution < -0.4 is 14.5 Å². The van der Waals surface area contributed by atoms with Crippen molar-refractivity contribution in [2.45, 2.75) is 92.4 Å². The quantitative estimate of drug-likeness (QED) is 0.168. The lowest BCUT2D eigenvalue weighted by atomic mass is 9.82. The minimum Gasteiger partial charge on any atom is -0.457 e. The van der Waals surface area contributed by atoms with Crippen LogP contribution in [0.3, 0.4) is 0 Å². The number of rotatable bonds is 6. The van der Waals surface area contributed by atoms with E-state index in [-0.39, 0.29) is 16.2 Å². The number of aromatic nitrogens is 2. The molecule has 0 radical (unpaired) electrons. The van der Waals surface area contributed by atoms with Crippen molar-refractivity contribution >= 4 is 44.6 Å². The van der Waals surface area contributed by atoms with Crippen molar-refractivity contribution in [1.29, 1.82) is 0 Å². The summed E-state index contributed by atoms with van der Waals surface area (Å²) in [6.07, 6.45) is 1.93. The molecule has 0 fully saturated rings. The van der Waals surface area contributed by atoms with Crippen LogP contribution in [0.4, 0.5) is 22.7 Å². The van der Waals surface area contributed by atoms with Crippen molar-refractivity contribution in [3.8, 4) is 28.4 Å². The first kappa shape index (κ1) is 40.1. The van der Waals surface area contributed by atoms with Gasteiger partial charge in [-0.3, -0.25) is 4.57 Å². The number of para-hydroxylation sites is 3. The molecule has 5 heteroatoms. The van der Waals surface area contributed by atoms with Crippen molar-refractivity contribution in [3.05, 3.63) is 167 Å². The maximum absolute atomic E-state index is 6.93. The fraction of sp³-hybridized carbons (Fsp3) is 0.268. The number of ether oxygens (including phenoxy) is 1. The van der Waals surface area contributed by atoms with Crippen molar-refractivity contribution in [1.82, 2.24) is 9.55 Å². The fourth-order valence-corrected chi connectivity index (χ4v) is 8.97. The van der Waals surface area contributed by atoms with Crippen LogP contribution in [0.2, 0.25) is 0 Å². The molecule has 0 bridgehead atoms. The molecule has 0 unspecified atom stereocenters. The van der Waals surface area contributed by atoms with Gasteiger partial charge in [-0.05, 0) is 136 Å². The molecule has 6 aromatic carbocycles. The van der Waals surface area contributed by atoms with Gasteiger partial charge >= 0.3 is 0 Å². The second-order valence-electron chi connectivity index (χ2n) is 20.0. The third-order valence-electron chi connectivity index (χ3n) is 12.4. The minimum atomic E-state index is -0.111. The second kappa shape index (κ2) is 14.7. The maximum atomic E-state index is 6.93. The molecule has 0 aliphatic carbocycles. The second-order valence-corrected chi connectivity index (χ2v) is 20.0. The predicted octanol–water partition coefficient (Wildman–Crippen LogP) is 15.4. The summed E-state index contributed by atoms with van der Waals surface area (Å²) in [4.78, 5) is 9.76. The van der Waals surface area contributed by atoms with Crippen molar-refractivity contribution in [2.24, 2.45) is 0 Å². The normalized spacial score (nSPS) is 13.4. The van der Waals surface area contributed by atoms with Crippen LogP contribution in [-0.2, 0) is 16.2 Å². The van der Waals surface area contributed by atoms with E-state index in [1.54, 1.807) is 0 Å². The Balaban J connectivity index is 1.10. The molecule has 308 valence electrons. The summed E-state index contributed by atoms with van der Waals surface area (Å²) in [6.45, 7) is 25.6. The fourth-order valence-electron chi connectivity index (χ4n) is 8.97. The largest absolute Gasteiger partial charge is 0.457 e. The molecule has 61 heavy (non-hydrogen) atoms. The first-order chi connectivity index (χ1) is 28.9. The Morgan fingerprint density at radius 1 is 0.492 bits per heavy atom. The molecule has 1 aliphatic heterocycles. The van der Waals surface area contributed by atoms with E-state index in [2.05, 4.69) is 224 Å². The Hall–Kier alpha value is -6.33. The first-order valence-electron chi connectivity index (χ1n) is 21.6. The molecule has 0 saturated carbocycles. The topological polar surface area (TPSA) is 33.5 Å². The molecule has 9 rings (SSSR count). The Bertz CT molecular complexity index is 2950. The molecular weight excluding hydrogens is 745 g/mol. The SMILES string of the molecule is Cc1cc(C(C)(C)C)cc(C)c1-c1cccc(N2CN(c3cc(Oc4ccc5c6ccccc6n(-c6cc(C(C)(C)C)ccn6)c5c4)cc(C(C)(C)C)c3)c3ccccc32)c1. The zero-order valence-electron chi connectivity index (χ0n) is 37.7. The lowest BCUT2D eigenvalue weighted by Gasteiger charge is -2.26. The van der Waals surface area contributed by atoms with Gasteiger partial charge in [-0.25, -0.2) is 4.98 Å². The molecule has 1 aliphatic rings. The van der Waals surface area contributed by atoms with Gasteiger partial charge in [0.15, 0.2) is 0 Å². The number of fused-ring (bicyclic) bond motifs is 4. The summed E-state index contributed by atoms with van der Waals surface area (Å²) < 4.78 is 9.21. The summed E-state index contributed by atoms with van der Waals surface area (Å²) in [7, 11) is 0. The number of hydrogen-bond donors (Lipinski definition) is 0. The average molecular weight is 803 g/mol. The van der Waals surface area contributed by atoms with E-state index in [0.29, 0.717) is 6.67 Å². The average Bonchev–Trinajstić information content (AvgIpc) is 3.76. The van der Waals surface area contributed by atoms with Crippen LogP contribution in [0.1, 0.15) is 90.1 Å². The van der Waals surface area contributed by atoms with E-state index >= 15 is 0 Å². The van der Waals surface area contributed by atoms with E-state index in [1.165, 1.54) is 66.8 Å². The van der Waals surface area contributed by atoms with Gasteiger partial charge in [0.05, 0.1) is 22.4 Å². The smallest absolute Gasteiger partial charge is 0.137 e. The number of nitrogens with zero attached hydrogens (tertiary/aromatic N) is 4. The lowest BCUT2D eigenvalue weighted by molar-refractivity contribution is 0.479. The molecule has 0 N–H and O–H groups in total. The summed E-state index contributed by atoms with van der Waals surface area (Å²) in [5.41, 5.74) is 15.8. The number of anilines is 4. The number of benzene rings is 6. The van der Waals surface area contributed by atoms with Gasteiger partial charge < -0.3 is 14.5 Å². The third-order valence-corrected chi connectivity index (χ3v) is 12.4. The highest BCUT2D eigenvalue weighted by Crippen LogP contribution is 2.47. The van der Waals surface area contributed by atoms with Crippen LogP contribution in [-0.4, -0.2) is 16.2 Å². The Kier molecular flexibility index (Phi) is 9.66. The van der Waals surface area contributed by atoms with E-state index in [4.69, 9.17) is 9.72 Å². The van der Waals surface area contributed by atoms with Crippen LogP contribution in [0.15, 0.2) is 140 Å². The summed E-state index contributed by atoms with van der Waals surface area (Å²) in [5.74, 6) is 2.49. The molecule has 5 nitrogen and oxygen atoms in total. The van der Waals surface area contributed by atoms with Crippen molar-refractivity contribution in [2.75, 3.05) is 16.5 Å². The Morgan fingerprint density at radius 2 is 1.11 bits per heavy atom. The molecular formula is C56H58N4O. The number of pyridine rings is 1. The van der Waals surface area contributed by atoms with Gasteiger partial charge in [-0.1, -0.05) is 117 Å². The Labute approximate surface area is 362 Å². The maximum Gasteiger partial charge on any atom is 0.137 e.